The van der Waals surface area contributed by atoms with Crippen molar-refractivity contribution in [2.24, 2.45) is 0 Å². The maximum absolute atomic E-state index is 12.0. The number of hydrogen-bond acceptors (Lipinski definition) is 2. The Kier molecular flexibility index (Phi) is 2.53. The third-order valence-electron chi connectivity index (χ3n) is 1.12. The summed E-state index contributed by atoms with van der Waals surface area (Å²) in [5.41, 5.74) is -1.48. The summed E-state index contributed by atoms with van der Waals surface area (Å²) in [6, 6.07) is 0. The molecule has 1 rings (SSSR count). The second-order valence-corrected chi connectivity index (χ2v) is 2.78. The fourth-order valence-electron chi connectivity index (χ4n) is 0.593. The molecule has 0 atom stereocenters. The summed E-state index contributed by atoms with van der Waals surface area (Å²) < 4.78 is 35.2. The lowest BCUT2D eigenvalue weighted by atomic mass is 10.5. The van der Waals surface area contributed by atoms with Gasteiger partial charge in [0, 0.05) is 0 Å². The molecule has 0 aliphatic rings. The number of aromatic nitrogens is 2. The molecule has 0 aromatic carbocycles. The van der Waals surface area contributed by atoms with E-state index in [1.807, 2.05) is 0 Å². The topological polar surface area (TPSA) is 34.9 Å². The van der Waals surface area contributed by atoms with Crippen LogP contribution in [0.3, 0.4) is 0 Å². The predicted octanol–water partition coefficient (Wildman–Crippen LogP) is 2.03. The van der Waals surface area contributed by atoms with Gasteiger partial charge in [-0.15, -0.1) is 17.9 Å². The molecule has 13 heavy (non-hydrogen) atoms. The van der Waals surface area contributed by atoms with Crippen LogP contribution in [0.5, 0.6) is 0 Å². The number of nitrogens with zero attached hydrogens (tertiary/aromatic N) is 2. The summed E-state index contributed by atoms with van der Waals surface area (Å²) >= 11 is 10.4. The molecule has 1 heterocycles. The molecule has 1 aromatic heterocycles. The molecule has 1 aromatic rings. The van der Waals surface area contributed by atoms with Crippen molar-refractivity contribution in [2.45, 2.75) is 6.30 Å². The molecule has 72 valence electrons. The molecule has 0 saturated carbocycles. The molecule has 0 radical (unpaired) electrons. The molecule has 0 bridgehead atoms. The van der Waals surface area contributed by atoms with Crippen LogP contribution < -0.4 is 5.56 Å². The number of alkyl halides is 3. The van der Waals surface area contributed by atoms with Crippen LogP contribution in [0.1, 0.15) is 0 Å². The van der Waals surface area contributed by atoms with E-state index >= 15 is 0 Å². The first-order chi connectivity index (χ1) is 5.84. The highest BCUT2D eigenvalue weighted by Crippen LogP contribution is 2.21. The van der Waals surface area contributed by atoms with Crippen molar-refractivity contribution in [3.8, 4) is 0 Å². The first kappa shape index (κ1) is 10.3. The largest absolute Gasteiger partial charge is 0.507 e. The SMILES string of the molecule is O=c1c(Cl)c(Cl)cnn1C(F)(F)F. The van der Waals surface area contributed by atoms with E-state index in [4.69, 9.17) is 23.2 Å². The molecule has 8 heteroatoms. The zero-order chi connectivity index (χ0) is 10.2. The molecule has 0 N–H and O–H groups in total. The van der Waals surface area contributed by atoms with E-state index < -0.39 is 21.6 Å². The molecule has 0 fully saturated rings. The van der Waals surface area contributed by atoms with Crippen LogP contribution in [0.4, 0.5) is 13.2 Å². The summed E-state index contributed by atoms with van der Waals surface area (Å²) in [7, 11) is 0. The van der Waals surface area contributed by atoms with Crippen LogP contribution in [-0.4, -0.2) is 9.78 Å². The minimum atomic E-state index is -4.88. The van der Waals surface area contributed by atoms with E-state index in [1.165, 1.54) is 0 Å². The lowest BCUT2D eigenvalue weighted by Gasteiger charge is -2.07. The molecular weight excluding hydrogens is 232 g/mol. The van der Waals surface area contributed by atoms with E-state index in [9.17, 15) is 18.0 Å². The van der Waals surface area contributed by atoms with Crippen LogP contribution in [-0.2, 0) is 6.30 Å². The molecule has 0 amide bonds. The number of rotatable bonds is 0. The average molecular weight is 233 g/mol. The van der Waals surface area contributed by atoms with Gasteiger partial charge < -0.3 is 0 Å². The third-order valence-corrected chi connectivity index (χ3v) is 1.87. The van der Waals surface area contributed by atoms with Gasteiger partial charge in [0.15, 0.2) is 0 Å². The highest BCUT2D eigenvalue weighted by molar-refractivity contribution is 6.41. The fourth-order valence-corrected chi connectivity index (χ4v) is 0.847. The Morgan fingerprint density at radius 2 is 1.92 bits per heavy atom. The van der Waals surface area contributed by atoms with E-state index in [2.05, 4.69) is 5.10 Å². The van der Waals surface area contributed by atoms with Gasteiger partial charge in [-0.1, -0.05) is 23.2 Å². The second kappa shape index (κ2) is 3.19. The number of hydrogen-bond donors (Lipinski definition) is 0. The lowest BCUT2D eigenvalue weighted by molar-refractivity contribution is -0.215. The highest BCUT2D eigenvalue weighted by atomic mass is 35.5. The van der Waals surface area contributed by atoms with Gasteiger partial charge in [0.05, 0.1) is 11.2 Å². The lowest BCUT2D eigenvalue weighted by Crippen LogP contribution is -2.33. The normalized spacial score (nSPS) is 11.8. The Hall–Kier alpha value is -0.750. The van der Waals surface area contributed by atoms with E-state index in [-0.39, 0.29) is 5.02 Å². The van der Waals surface area contributed by atoms with Crippen LogP contribution >= 0.6 is 23.2 Å². The van der Waals surface area contributed by atoms with Crippen molar-refractivity contribution in [3.63, 3.8) is 0 Å². The molecule has 0 aliphatic heterocycles. The maximum atomic E-state index is 12.0. The van der Waals surface area contributed by atoms with Crippen molar-refractivity contribution in [1.29, 1.82) is 0 Å². The van der Waals surface area contributed by atoms with Gasteiger partial charge in [0.2, 0.25) is 0 Å². The van der Waals surface area contributed by atoms with Crippen LogP contribution in [0.15, 0.2) is 11.0 Å². The first-order valence-electron chi connectivity index (χ1n) is 2.84. The molecule has 0 aliphatic carbocycles. The standard InChI is InChI=1S/C5HCl2F3N2O/c6-2-1-11-12(5(8,9)10)4(13)3(2)7/h1H. The van der Waals surface area contributed by atoms with Gasteiger partial charge in [-0.2, -0.15) is 5.10 Å². The van der Waals surface area contributed by atoms with Crippen LogP contribution in [0.2, 0.25) is 10.0 Å². The molecular formula is C5HCl2F3N2O. The van der Waals surface area contributed by atoms with Crippen molar-refractivity contribution in [3.05, 3.63) is 26.6 Å². The molecule has 0 saturated heterocycles. The maximum Gasteiger partial charge on any atom is 0.507 e. The summed E-state index contributed by atoms with van der Waals surface area (Å²) in [5.74, 6) is 0. The van der Waals surface area contributed by atoms with E-state index in [0.717, 1.165) is 0 Å². The van der Waals surface area contributed by atoms with Crippen LogP contribution in [0, 0.1) is 0 Å². The van der Waals surface area contributed by atoms with E-state index in [0.29, 0.717) is 6.20 Å². The number of halogens is 5. The van der Waals surface area contributed by atoms with Crippen molar-refractivity contribution in [2.75, 3.05) is 0 Å². The zero-order valence-corrected chi connectivity index (χ0v) is 7.28. The van der Waals surface area contributed by atoms with Gasteiger partial charge in [-0.05, 0) is 0 Å². The van der Waals surface area contributed by atoms with E-state index in [1.54, 1.807) is 0 Å². The molecule has 0 unspecified atom stereocenters. The van der Waals surface area contributed by atoms with Gasteiger partial charge >= 0.3 is 6.30 Å². The summed E-state index contributed by atoms with van der Waals surface area (Å²) in [6.07, 6.45) is -4.23. The average Bonchev–Trinajstić information content (AvgIpc) is 1.98. The summed E-state index contributed by atoms with van der Waals surface area (Å²) in [4.78, 5) is 10.8. The monoisotopic (exact) mass is 232 g/mol. The second-order valence-electron chi connectivity index (χ2n) is 1.99. The Bertz CT molecular complexity index is 386. The van der Waals surface area contributed by atoms with Crippen LogP contribution in [0.25, 0.3) is 0 Å². The molecule has 0 spiro atoms. The summed E-state index contributed by atoms with van der Waals surface area (Å²) in [6.45, 7) is 0. The highest BCUT2D eigenvalue weighted by Gasteiger charge is 2.34. The zero-order valence-electron chi connectivity index (χ0n) is 5.77. The fraction of sp³-hybridized carbons (Fsp3) is 0.200. The smallest absolute Gasteiger partial charge is 0.266 e. The first-order valence-corrected chi connectivity index (χ1v) is 3.60. The predicted molar refractivity (Wildman–Crippen MR) is 39.8 cm³/mol. The Morgan fingerprint density at radius 1 is 1.38 bits per heavy atom. The Morgan fingerprint density at radius 3 is 2.38 bits per heavy atom. The van der Waals surface area contributed by atoms with Gasteiger partial charge in [-0.25, -0.2) is 0 Å². The third kappa shape index (κ3) is 1.94. The van der Waals surface area contributed by atoms with Gasteiger partial charge in [0.1, 0.15) is 5.02 Å². The minimum absolute atomic E-state index is 0.313. The van der Waals surface area contributed by atoms with Crippen molar-refractivity contribution >= 4 is 23.2 Å². The Labute approximate surface area is 79.7 Å². The van der Waals surface area contributed by atoms with Crippen molar-refractivity contribution in [1.82, 2.24) is 9.78 Å². The summed E-state index contributed by atoms with van der Waals surface area (Å²) in [5, 5.41) is 1.76. The minimum Gasteiger partial charge on any atom is -0.266 e. The quantitative estimate of drug-likeness (QED) is 0.686. The van der Waals surface area contributed by atoms with Crippen molar-refractivity contribution < 1.29 is 13.2 Å². The molecule has 3 nitrogen and oxygen atoms in total. The Balaban J connectivity index is 3.44. The van der Waals surface area contributed by atoms with Gasteiger partial charge in [0.25, 0.3) is 5.56 Å². The van der Waals surface area contributed by atoms with Gasteiger partial charge in [-0.3, -0.25) is 4.79 Å².